The average molecular weight is 276 g/mol. The lowest BCUT2D eigenvalue weighted by Gasteiger charge is -2.06. The molecule has 1 aromatic heterocycles. The van der Waals surface area contributed by atoms with Crippen LogP contribution in [0, 0.1) is 0 Å². The van der Waals surface area contributed by atoms with Crippen LogP contribution in [0.5, 0.6) is 0 Å². The Morgan fingerprint density at radius 3 is 2.48 bits per heavy atom. The molecule has 3 heteroatoms. The number of hydrogen-bond acceptors (Lipinski definition) is 2. The molecule has 0 bridgehead atoms. The van der Waals surface area contributed by atoms with E-state index < -0.39 is 0 Å². The second-order valence-corrected chi connectivity index (χ2v) is 5.04. The Hall–Kier alpha value is -2.68. The van der Waals surface area contributed by atoms with Crippen molar-refractivity contribution in [2.75, 3.05) is 0 Å². The lowest BCUT2D eigenvalue weighted by molar-refractivity contribution is 0.886. The van der Waals surface area contributed by atoms with Gasteiger partial charge in [-0.3, -0.25) is 4.79 Å². The largest absolute Gasteiger partial charge is 0.308 e. The zero-order valence-corrected chi connectivity index (χ0v) is 12.1. The van der Waals surface area contributed by atoms with Crippen molar-refractivity contribution < 1.29 is 0 Å². The lowest BCUT2D eigenvalue weighted by atomic mass is 10.1. The van der Waals surface area contributed by atoms with E-state index in [0.717, 1.165) is 22.2 Å². The summed E-state index contributed by atoms with van der Waals surface area (Å²) in [6.07, 6.45) is 1.85. The van der Waals surface area contributed by atoms with Crippen LogP contribution in [0.25, 0.3) is 22.7 Å². The molecule has 3 aromatic rings. The number of aryl methyl sites for hydroxylation is 1. The molecule has 0 saturated heterocycles. The van der Waals surface area contributed by atoms with Crippen molar-refractivity contribution in [3.05, 3.63) is 76.2 Å². The highest BCUT2D eigenvalue weighted by atomic mass is 16.1. The lowest BCUT2D eigenvalue weighted by Crippen LogP contribution is -2.21. The van der Waals surface area contributed by atoms with Gasteiger partial charge in [0.15, 0.2) is 0 Å². The van der Waals surface area contributed by atoms with E-state index in [1.807, 2.05) is 67.6 Å². The fraction of sp³-hybridized carbons (Fsp3) is 0.111. The van der Waals surface area contributed by atoms with Gasteiger partial charge in [-0.15, -0.1) is 0 Å². The molecule has 0 radical (unpaired) electrons. The molecule has 21 heavy (non-hydrogen) atoms. The molecule has 0 amide bonds. The van der Waals surface area contributed by atoms with E-state index in [4.69, 9.17) is 0 Å². The van der Waals surface area contributed by atoms with E-state index in [9.17, 15) is 4.79 Å². The maximum Gasteiger partial charge on any atom is 0.276 e. The zero-order valence-electron chi connectivity index (χ0n) is 12.1. The summed E-state index contributed by atoms with van der Waals surface area (Å²) in [6.45, 7) is 1.99. The fourth-order valence-electron chi connectivity index (χ4n) is 2.38. The summed E-state index contributed by atoms with van der Waals surface area (Å²) in [6, 6.07) is 17.7. The fourth-order valence-corrected chi connectivity index (χ4v) is 2.38. The molecule has 0 saturated carbocycles. The third-order valence-corrected chi connectivity index (χ3v) is 3.59. The van der Waals surface area contributed by atoms with Gasteiger partial charge in [0.1, 0.15) is 5.69 Å². The number of rotatable bonds is 2. The van der Waals surface area contributed by atoms with Crippen LogP contribution in [0.1, 0.15) is 18.2 Å². The van der Waals surface area contributed by atoms with Gasteiger partial charge >= 0.3 is 0 Å². The number of allylic oxidation sites excluding steroid dienone is 1. The van der Waals surface area contributed by atoms with Crippen LogP contribution in [0.4, 0.5) is 0 Å². The number of benzene rings is 2. The van der Waals surface area contributed by atoms with Gasteiger partial charge in [-0.05, 0) is 36.3 Å². The summed E-state index contributed by atoms with van der Waals surface area (Å²) in [7, 11) is 1.78. The molecule has 3 rings (SSSR count). The second kappa shape index (κ2) is 5.37. The van der Waals surface area contributed by atoms with Gasteiger partial charge in [0.25, 0.3) is 5.56 Å². The van der Waals surface area contributed by atoms with Crippen molar-refractivity contribution in [3.63, 3.8) is 0 Å². The third-order valence-electron chi connectivity index (χ3n) is 3.59. The number of nitrogens with zero attached hydrogens (tertiary/aromatic N) is 2. The van der Waals surface area contributed by atoms with Crippen molar-refractivity contribution in [2.24, 2.45) is 7.05 Å². The minimum Gasteiger partial charge on any atom is -0.308 e. The smallest absolute Gasteiger partial charge is 0.276 e. The standard InChI is InChI=1S/C18H16N2O/c1-13(14-8-4-3-5-9-14)12-16-18(21)20(2)17-11-7-6-10-15(17)19-16/h3-12H,1-2H3. The molecule has 0 aliphatic carbocycles. The first-order chi connectivity index (χ1) is 10.2. The predicted molar refractivity (Wildman–Crippen MR) is 87.0 cm³/mol. The molecule has 0 aliphatic rings. The van der Waals surface area contributed by atoms with E-state index in [1.54, 1.807) is 11.6 Å². The molecular weight excluding hydrogens is 260 g/mol. The van der Waals surface area contributed by atoms with E-state index in [0.29, 0.717) is 5.69 Å². The minimum atomic E-state index is -0.0796. The summed E-state index contributed by atoms with van der Waals surface area (Å²) >= 11 is 0. The third kappa shape index (κ3) is 2.50. The molecule has 0 fully saturated rings. The van der Waals surface area contributed by atoms with Crippen LogP contribution in [0.2, 0.25) is 0 Å². The summed E-state index contributed by atoms with van der Waals surface area (Å²) in [4.78, 5) is 16.9. The minimum absolute atomic E-state index is 0.0796. The Morgan fingerprint density at radius 2 is 1.71 bits per heavy atom. The highest BCUT2D eigenvalue weighted by Gasteiger charge is 2.06. The summed E-state index contributed by atoms with van der Waals surface area (Å²) in [5, 5.41) is 0. The Kier molecular flexibility index (Phi) is 3.40. The first-order valence-corrected chi connectivity index (χ1v) is 6.86. The van der Waals surface area contributed by atoms with Gasteiger partial charge in [0.05, 0.1) is 11.0 Å². The predicted octanol–water partition coefficient (Wildman–Crippen LogP) is 3.49. The zero-order chi connectivity index (χ0) is 14.8. The van der Waals surface area contributed by atoms with Crippen LogP contribution < -0.4 is 5.56 Å². The van der Waals surface area contributed by atoms with Gasteiger partial charge < -0.3 is 4.57 Å². The number of aromatic nitrogens is 2. The molecule has 0 N–H and O–H groups in total. The number of para-hydroxylation sites is 2. The Morgan fingerprint density at radius 1 is 1.05 bits per heavy atom. The van der Waals surface area contributed by atoms with Gasteiger partial charge in [-0.2, -0.15) is 0 Å². The first kappa shape index (κ1) is 13.3. The molecule has 0 aliphatic heterocycles. The van der Waals surface area contributed by atoms with Crippen molar-refractivity contribution in [2.45, 2.75) is 6.92 Å². The van der Waals surface area contributed by atoms with E-state index in [2.05, 4.69) is 4.98 Å². The first-order valence-electron chi connectivity index (χ1n) is 6.86. The van der Waals surface area contributed by atoms with Gasteiger partial charge in [0.2, 0.25) is 0 Å². The molecule has 3 nitrogen and oxygen atoms in total. The second-order valence-electron chi connectivity index (χ2n) is 5.04. The number of fused-ring (bicyclic) bond motifs is 1. The topological polar surface area (TPSA) is 34.9 Å². The normalized spacial score (nSPS) is 11.8. The van der Waals surface area contributed by atoms with Crippen LogP contribution in [-0.4, -0.2) is 9.55 Å². The highest BCUT2D eigenvalue weighted by Crippen LogP contribution is 2.16. The summed E-state index contributed by atoms with van der Waals surface area (Å²) in [5.74, 6) is 0. The maximum atomic E-state index is 12.4. The van der Waals surface area contributed by atoms with Crippen LogP contribution in [0.15, 0.2) is 59.4 Å². The van der Waals surface area contributed by atoms with Crippen LogP contribution in [0.3, 0.4) is 0 Å². The summed E-state index contributed by atoms with van der Waals surface area (Å²) in [5.41, 5.74) is 4.18. The maximum absolute atomic E-state index is 12.4. The summed E-state index contributed by atoms with van der Waals surface area (Å²) < 4.78 is 1.65. The molecule has 104 valence electrons. The van der Waals surface area contributed by atoms with Crippen molar-refractivity contribution in [3.8, 4) is 0 Å². The quantitative estimate of drug-likeness (QED) is 0.718. The van der Waals surface area contributed by atoms with Crippen molar-refractivity contribution in [1.82, 2.24) is 9.55 Å². The molecule has 0 spiro atoms. The molecule has 1 heterocycles. The van der Waals surface area contributed by atoms with Crippen LogP contribution >= 0.6 is 0 Å². The molecular formula is C18H16N2O. The molecule has 0 atom stereocenters. The Bertz CT molecular complexity index is 877. The molecule has 0 unspecified atom stereocenters. The van der Waals surface area contributed by atoms with Crippen molar-refractivity contribution >= 4 is 22.7 Å². The highest BCUT2D eigenvalue weighted by molar-refractivity contribution is 5.81. The monoisotopic (exact) mass is 276 g/mol. The van der Waals surface area contributed by atoms with E-state index >= 15 is 0 Å². The Labute approximate surface area is 123 Å². The van der Waals surface area contributed by atoms with Gasteiger partial charge in [-0.25, -0.2) is 4.98 Å². The van der Waals surface area contributed by atoms with Crippen molar-refractivity contribution in [1.29, 1.82) is 0 Å². The van der Waals surface area contributed by atoms with E-state index in [-0.39, 0.29) is 5.56 Å². The van der Waals surface area contributed by atoms with Gasteiger partial charge in [-0.1, -0.05) is 42.5 Å². The van der Waals surface area contributed by atoms with E-state index in [1.165, 1.54) is 0 Å². The molecule has 2 aromatic carbocycles. The Balaban J connectivity index is 2.17. The van der Waals surface area contributed by atoms with Crippen LogP contribution in [-0.2, 0) is 7.05 Å². The SMILES string of the molecule is CC(=Cc1nc2ccccc2n(C)c1=O)c1ccccc1. The number of hydrogen-bond donors (Lipinski definition) is 0. The van der Waals surface area contributed by atoms with Gasteiger partial charge in [0, 0.05) is 7.05 Å². The average Bonchev–Trinajstić information content (AvgIpc) is 2.53.